The van der Waals surface area contributed by atoms with E-state index in [1.54, 1.807) is 0 Å². The summed E-state index contributed by atoms with van der Waals surface area (Å²) in [7, 11) is 0. The number of carboxylic acid groups (broad SMARTS) is 1. The molecule has 1 amide bonds. The summed E-state index contributed by atoms with van der Waals surface area (Å²) < 4.78 is 0.164. The SMILES string of the molecule is CSC1(CNC(=O)[C@H]2CC(C)C[C@H]2C(=O)O)CCCCC1. The third kappa shape index (κ3) is 3.93. The van der Waals surface area contributed by atoms with E-state index in [-0.39, 0.29) is 16.6 Å². The van der Waals surface area contributed by atoms with Crippen LogP contribution in [-0.2, 0) is 9.59 Å². The fourth-order valence-corrected chi connectivity index (χ4v) is 4.80. The van der Waals surface area contributed by atoms with E-state index >= 15 is 0 Å². The van der Waals surface area contributed by atoms with Gasteiger partial charge >= 0.3 is 5.97 Å². The zero-order chi connectivity index (χ0) is 15.5. The lowest BCUT2D eigenvalue weighted by atomic mass is 9.87. The molecule has 2 fully saturated rings. The number of amides is 1. The number of hydrogen-bond donors (Lipinski definition) is 2. The lowest BCUT2D eigenvalue weighted by Crippen LogP contribution is -2.44. The van der Waals surface area contributed by atoms with Gasteiger partial charge in [-0.25, -0.2) is 0 Å². The van der Waals surface area contributed by atoms with Gasteiger partial charge < -0.3 is 10.4 Å². The van der Waals surface area contributed by atoms with E-state index in [1.807, 2.05) is 18.7 Å². The zero-order valence-electron chi connectivity index (χ0n) is 13.1. The topological polar surface area (TPSA) is 66.4 Å². The second-order valence-corrected chi connectivity index (χ2v) is 8.07. The minimum Gasteiger partial charge on any atom is -0.481 e. The second kappa shape index (κ2) is 7.03. The standard InChI is InChI=1S/C16H27NO3S/c1-11-8-12(13(9-11)15(19)20)14(18)17-10-16(21-2)6-4-3-5-7-16/h11-13H,3-10H2,1-2H3,(H,17,18)(H,19,20)/t11?,12-,13+/m0/s1. The van der Waals surface area contributed by atoms with Crippen LogP contribution in [-0.4, -0.2) is 34.5 Å². The third-order valence-electron chi connectivity index (χ3n) is 5.23. The highest BCUT2D eigenvalue weighted by Crippen LogP contribution is 2.39. The van der Waals surface area contributed by atoms with Gasteiger partial charge in [0.25, 0.3) is 0 Å². The number of aliphatic carboxylic acids is 1. The van der Waals surface area contributed by atoms with Gasteiger partial charge in [-0.15, -0.1) is 0 Å². The minimum atomic E-state index is -0.822. The van der Waals surface area contributed by atoms with Crippen LogP contribution in [0.15, 0.2) is 0 Å². The number of thioether (sulfide) groups is 1. The van der Waals surface area contributed by atoms with Crippen LogP contribution in [0, 0.1) is 17.8 Å². The van der Waals surface area contributed by atoms with E-state index in [1.165, 1.54) is 19.3 Å². The Morgan fingerprint density at radius 1 is 1.19 bits per heavy atom. The first kappa shape index (κ1) is 16.7. The Morgan fingerprint density at radius 3 is 2.38 bits per heavy atom. The largest absolute Gasteiger partial charge is 0.481 e. The molecule has 1 unspecified atom stereocenters. The van der Waals surface area contributed by atoms with Crippen LogP contribution in [0.5, 0.6) is 0 Å². The van der Waals surface area contributed by atoms with Crippen molar-refractivity contribution in [2.75, 3.05) is 12.8 Å². The van der Waals surface area contributed by atoms with Crippen molar-refractivity contribution in [3.05, 3.63) is 0 Å². The average molecular weight is 313 g/mol. The van der Waals surface area contributed by atoms with Crippen molar-refractivity contribution >= 4 is 23.6 Å². The van der Waals surface area contributed by atoms with Crippen molar-refractivity contribution in [2.24, 2.45) is 17.8 Å². The molecular formula is C16H27NO3S. The van der Waals surface area contributed by atoms with E-state index in [4.69, 9.17) is 0 Å². The number of nitrogens with one attached hydrogen (secondary N) is 1. The van der Waals surface area contributed by atoms with Crippen LogP contribution in [0.1, 0.15) is 51.9 Å². The Labute approximate surface area is 131 Å². The molecule has 21 heavy (non-hydrogen) atoms. The normalized spacial score (nSPS) is 31.8. The molecule has 2 N–H and O–H groups in total. The first-order valence-corrected chi connectivity index (χ1v) is 9.25. The summed E-state index contributed by atoms with van der Waals surface area (Å²) in [4.78, 5) is 23.7. The van der Waals surface area contributed by atoms with Gasteiger partial charge in [-0.3, -0.25) is 9.59 Å². The number of rotatable bonds is 5. The van der Waals surface area contributed by atoms with E-state index < -0.39 is 11.9 Å². The average Bonchev–Trinajstić information content (AvgIpc) is 2.88. The number of carboxylic acids is 1. The molecule has 2 aliphatic rings. The fraction of sp³-hybridized carbons (Fsp3) is 0.875. The Kier molecular flexibility index (Phi) is 5.58. The Hall–Kier alpha value is -0.710. The monoisotopic (exact) mass is 313 g/mol. The molecule has 5 heteroatoms. The summed E-state index contributed by atoms with van der Waals surface area (Å²) in [5, 5.41) is 12.3. The highest BCUT2D eigenvalue weighted by Gasteiger charge is 2.42. The number of hydrogen-bond acceptors (Lipinski definition) is 3. The van der Waals surface area contributed by atoms with E-state index in [9.17, 15) is 14.7 Å². The van der Waals surface area contributed by atoms with Crippen LogP contribution >= 0.6 is 11.8 Å². The lowest BCUT2D eigenvalue weighted by Gasteiger charge is -2.36. The Balaban J connectivity index is 1.92. The summed E-state index contributed by atoms with van der Waals surface area (Å²) >= 11 is 1.85. The lowest BCUT2D eigenvalue weighted by molar-refractivity contribution is -0.146. The molecule has 2 rings (SSSR count). The van der Waals surface area contributed by atoms with Gasteiger partial charge in [-0.1, -0.05) is 26.2 Å². The number of carbonyl (C=O) groups excluding carboxylic acids is 1. The van der Waals surface area contributed by atoms with Gasteiger partial charge in [-0.05, 0) is 37.9 Å². The minimum absolute atomic E-state index is 0.0502. The molecule has 0 spiro atoms. The van der Waals surface area contributed by atoms with Crippen molar-refractivity contribution < 1.29 is 14.7 Å². The molecule has 2 saturated carbocycles. The summed E-state index contributed by atoms with van der Waals surface area (Å²) in [6.45, 7) is 2.72. The molecule has 0 saturated heterocycles. The second-order valence-electron chi connectivity index (χ2n) is 6.79. The third-order valence-corrected chi connectivity index (χ3v) is 6.65. The molecule has 2 aliphatic carbocycles. The molecular weight excluding hydrogens is 286 g/mol. The maximum atomic E-state index is 12.4. The molecule has 0 heterocycles. The van der Waals surface area contributed by atoms with Gasteiger partial charge in [0.05, 0.1) is 11.8 Å². The van der Waals surface area contributed by atoms with Crippen LogP contribution in [0.2, 0.25) is 0 Å². The smallest absolute Gasteiger partial charge is 0.307 e. The molecule has 0 aromatic heterocycles. The van der Waals surface area contributed by atoms with Crippen molar-refractivity contribution in [2.45, 2.75) is 56.6 Å². The van der Waals surface area contributed by atoms with Gasteiger partial charge in [-0.2, -0.15) is 11.8 Å². The maximum absolute atomic E-state index is 12.4. The van der Waals surface area contributed by atoms with E-state index in [0.717, 1.165) is 12.8 Å². The maximum Gasteiger partial charge on any atom is 0.307 e. The van der Waals surface area contributed by atoms with E-state index in [2.05, 4.69) is 11.6 Å². The molecule has 0 bridgehead atoms. The highest BCUT2D eigenvalue weighted by molar-refractivity contribution is 8.00. The van der Waals surface area contributed by atoms with Crippen molar-refractivity contribution in [3.8, 4) is 0 Å². The molecule has 3 atom stereocenters. The van der Waals surface area contributed by atoms with Gasteiger partial charge in [0.2, 0.25) is 5.91 Å². The van der Waals surface area contributed by atoms with Crippen molar-refractivity contribution in [3.63, 3.8) is 0 Å². The summed E-state index contributed by atoms with van der Waals surface area (Å²) in [6.07, 6.45) is 9.50. The van der Waals surface area contributed by atoms with Crippen LogP contribution < -0.4 is 5.32 Å². The highest BCUT2D eigenvalue weighted by atomic mass is 32.2. The first-order valence-electron chi connectivity index (χ1n) is 8.03. The molecule has 0 aromatic carbocycles. The van der Waals surface area contributed by atoms with Gasteiger partial charge in [0.15, 0.2) is 0 Å². The van der Waals surface area contributed by atoms with Crippen LogP contribution in [0.25, 0.3) is 0 Å². The molecule has 120 valence electrons. The fourth-order valence-electron chi connectivity index (χ4n) is 3.88. The predicted octanol–water partition coefficient (Wildman–Crippen LogP) is 2.92. The van der Waals surface area contributed by atoms with Gasteiger partial charge in [0.1, 0.15) is 0 Å². The summed E-state index contributed by atoms with van der Waals surface area (Å²) in [5.41, 5.74) is 0. The molecule has 0 radical (unpaired) electrons. The first-order chi connectivity index (χ1) is 9.97. The predicted molar refractivity (Wildman–Crippen MR) is 85.4 cm³/mol. The van der Waals surface area contributed by atoms with Crippen molar-refractivity contribution in [1.29, 1.82) is 0 Å². The van der Waals surface area contributed by atoms with Gasteiger partial charge in [0, 0.05) is 11.3 Å². The summed E-state index contributed by atoms with van der Waals surface area (Å²) in [5.74, 6) is -1.40. The molecule has 4 nitrogen and oxygen atoms in total. The zero-order valence-corrected chi connectivity index (χ0v) is 13.9. The quantitative estimate of drug-likeness (QED) is 0.819. The van der Waals surface area contributed by atoms with E-state index in [0.29, 0.717) is 25.3 Å². The molecule has 0 aromatic rings. The van der Waals surface area contributed by atoms with Crippen molar-refractivity contribution in [1.82, 2.24) is 5.32 Å². The number of carbonyl (C=O) groups is 2. The Morgan fingerprint density at radius 2 is 1.81 bits per heavy atom. The van der Waals surface area contributed by atoms with Crippen LogP contribution in [0.4, 0.5) is 0 Å². The summed E-state index contributed by atoms with van der Waals surface area (Å²) in [6, 6.07) is 0. The Bertz CT molecular complexity index is 393. The van der Waals surface area contributed by atoms with Crippen LogP contribution in [0.3, 0.4) is 0 Å². The molecule has 0 aliphatic heterocycles.